The molecule has 0 fully saturated rings. The Morgan fingerprint density at radius 3 is 2.76 bits per heavy atom. The van der Waals surface area contributed by atoms with Crippen LogP contribution in [0.4, 0.5) is 5.69 Å². The minimum absolute atomic E-state index is 0.00866. The Balaban J connectivity index is 2.36. The molecule has 0 saturated heterocycles. The Kier molecular flexibility index (Phi) is 4.62. The van der Waals surface area contributed by atoms with Crippen LogP contribution < -0.4 is 10.1 Å². The van der Waals surface area contributed by atoms with E-state index in [-0.39, 0.29) is 5.91 Å². The van der Waals surface area contributed by atoms with Gasteiger partial charge in [-0.25, -0.2) is 0 Å². The zero-order chi connectivity index (χ0) is 15.4. The van der Waals surface area contributed by atoms with E-state index in [1.807, 2.05) is 45.0 Å². The van der Waals surface area contributed by atoms with Gasteiger partial charge in [0.15, 0.2) is 0 Å². The third-order valence-electron chi connectivity index (χ3n) is 3.17. The monoisotopic (exact) mass is 287 g/mol. The fraction of sp³-hybridized carbons (Fsp3) is 0.375. The Labute approximate surface area is 124 Å². The van der Waals surface area contributed by atoms with Gasteiger partial charge < -0.3 is 10.1 Å². The van der Waals surface area contributed by atoms with Crippen molar-refractivity contribution in [2.45, 2.75) is 27.2 Å². The number of aromatic nitrogens is 2. The molecule has 5 nitrogen and oxygen atoms in total. The third-order valence-corrected chi connectivity index (χ3v) is 3.17. The number of ether oxygens (including phenoxy) is 1. The molecule has 2 rings (SSSR count). The number of H-pyrrole nitrogens is 1. The number of nitrogens with zero attached hydrogens (tertiary/aromatic N) is 1. The number of benzene rings is 1. The smallest absolute Gasteiger partial charge is 0.224 e. The molecule has 0 saturated carbocycles. The van der Waals surface area contributed by atoms with Crippen molar-refractivity contribution in [3.05, 3.63) is 30.0 Å². The van der Waals surface area contributed by atoms with Crippen LogP contribution >= 0.6 is 0 Å². The van der Waals surface area contributed by atoms with Gasteiger partial charge in [-0.3, -0.25) is 9.89 Å². The molecule has 5 heteroatoms. The summed E-state index contributed by atoms with van der Waals surface area (Å²) in [6.45, 7) is 5.92. The van der Waals surface area contributed by atoms with Gasteiger partial charge in [0.25, 0.3) is 0 Å². The molecule has 0 spiro atoms. The van der Waals surface area contributed by atoms with E-state index in [4.69, 9.17) is 4.74 Å². The maximum atomic E-state index is 12.0. The Morgan fingerprint density at radius 2 is 2.10 bits per heavy atom. The first kappa shape index (κ1) is 15.1. The van der Waals surface area contributed by atoms with Gasteiger partial charge in [-0.05, 0) is 25.0 Å². The quantitative estimate of drug-likeness (QED) is 0.886. The number of carbonyl (C=O) groups is 1. The van der Waals surface area contributed by atoms with Gasteiger partial charge in [-0.2, -0.15) is 5.10 Å². The van der Waals surface area contributed by atoms with Gasteiger partial charge in [-0.15, -0.1) is 0 Å². The molecule has 0 atom stereocenters. The van der Waals surface area contributed by atoms with Crippen molar-refractivity contribution in [3.8, 4) is 17.0 Å². The number of para-hydroxylation sites is 1. The maximum absolute atomic E-state index is 12.0. The molecule has 1 aromatic carbocycles. The molecule has 1 amide bonds. The summed E-state index contributed by atoms with van der Waals surface area (Å²) in [4.78, 5) is 12.0. The van der Waals surface area contributed by atoms with Crippen molar-refractivity contribution < 1.29 is 9.53 Å². The first-order chi connectivity index (χ1) is 10.0. The van der Waals surface area contributed by atoms with E-state index in [0.29, 0.717) is 23.7 Å². The molecule has 21 heavy (non-hydrogen) atoms. The van der Waals surface area contributed by atoms with Crippen LogP contribution in [0, 0.1) is 12.8 Å². The summed E-state index contributed by atoms with van der Waals surface area (Å²) < 4.78 is 5.37. The van der Waals surface area contributed by atoms with Crippen LogP contribution in [0.2, 0.25) is 0 Å². The van der Waals surface area contributed by atoms with Crippen LogP contribution in [-0.2, 0) is 4.79 Å². The Bertz CT molecular complexity index is 632. The first-order valence-corrected chi connectivity index (χ1v) is 7.01. The van der Waals surface area contributed by atoms with E-state index in [9.17, 15) is 4.79 Å². The third kappa shape index (κ3) is 3.42. The van der Waals surface area contributed by atoms with Crippen LogP contribution in [0.25, 0.3) is 11.3 Å². The van der Waals surface area contributed by atoms with Crippen LogP contribution in [0.15, 0.2) is 24.3 Å². The first-order valence-electron chi connectivity index (χ1n) is 7.01. The predicted molar refractivity (Wildman–Crippen MR) is 83.4 cm³/mol. The molecule has 0 aliphatic carbocycles. The molecule has 0 bridgehead atoms. The number of aromatic amines is 1. The molecular formula is C16H21N3O2. The van der Waals surface area contributed by atoms with Gasteiger partial charge in [0, 0.05) is 12.0 Å². The SMILES string of the molecule is COc1ccccc1-c1n[nH]c(C)c1NC(=O)CC(C)C. The van der Waals surface area contributed by atoms with E-state index < -0.39 is 0 Å². The highest BCUT2D eigenvalue weighted by atomic mass is 16.5. The fourth-order valence-corrected chi connectivity index (χ4v) is 2.18. The number of amides is 1. The van der Waals surface area contributed by atoms with Crippen molar-refractivity contribution in [2.24, 2.45) is 5.92 Å². The molecule has 0 aliphatic heterocycles. The van der Waals surface area contributed by atoms with Gasteiger partial charge in [0.05, 0.1) is 18.5 Å². The molecule has 1 heterocycles. The lowest BCUT2D eigenvalue weighted by Crippen LogP contribution is -2.14. The minimum atomic E-state index is -0.00866. The lowest BCUT2D eigenvalue weighted by Gasteiger charge is -2.10. The van der Waals surface area contributed by atoms with E-state index in [1.54, 1.807) is 7.11 Å². The lowest BCUT2D eigenvalue weighted by atomic mass is 10.1. The van der Waals surface area contributed by atoms with E-state index >= 15 is 0 Å². The Morgan fingerprint density at radius 1 is 1.38 bits per heavy atom. The average Bonchev–Trinajstić information content (AvgIpc) is 2.79. The molecule has 1 aromatic heterocycles. The molecule has 112 valence electrons. The normalized spacial score (nSPS) is 10.7. The van der Waals surface area contributed by atoms with Gasteiger partial charge in [-0.1, -0.05) is 26.0 Å². The number of hydrogen-bond donors (Lipinski definition) is 2. The van der Waals surface area contributed by atoms with Crippen LogP contribution in [0.5, 0.6) is 5.75 Å². The highest BCUT2D eigenvalue weighted by Gasteiger charge is 2.18. The second-order valence-corrected chi connectivity index (χ2v) is 5.42. The topological polar surface area (TPSA) is 67.0 Å². The summed E-state index contributed by atoms with van der Waals surface area (Å²) in [6, 6.07) is 7.62. The number of nitrogens with one attached hydrogen (secondary N) is 2. The number of anilines is 1. The predicted octanol–water partition coefficient (Wildman–Crippen LogP) is 3.38. The largest absolute Gasteiger partial charge is 0.496 e. The number of rotatable bonds is 5. The van der Waals surface area contributed by atoms with E-state index in [0.717, 1.165) is 17.0 Å². The van der Waals surface area contributed by atoms with Crippen LogP contribution in [0.1, 0.15) is 26.0 Å². The van der Waals surface area contributed by atoms with Crippen molar-refractivity contribution in [1.82, 2.24) is 10.2 Å². The van der Waals surface area contributed by atoms with Crippen molar-refractivity contribution in [2.75, 3.05) is 12.4 Å². The highest BCUT2D eigenvalue weighted by Crippen LogP contribution is 2.34. The summed E-state index contributed by atoms with van der Waals surface area (Å²) in [6.07, 6.45) is 0.482. The molecule has 2 aromatic rings. The van der Waals surface area contributed by atoms with Crippen LogP contribution in [-0.4, -0.2) is 23.2 Å². The fourth-order valence-electron chi connectivity index (χ4n) is 2.18. The van der Waals surface area contributed by atoms with Crippen LogP contribution in [0.3, 0.4) is 0 Å². The summed E-state index contributed by atoms with van der Waals surface area (Å²) >= 11 is 0. The number of hydrogen-bond acceptors (Lipinski definition) is 3. The number of aryl methyl sites for hydroxylation is 1. The summed E-state index contributed by atoms with van der Waals surface area (Å²) in [5.74, 6) is 1.03. The van der Waals surface area contributed by atoms with Crippen molar-refractivity contribution >= 4 is 11.6 Å². The van der Waals surface area contributed by atoms with Crippen molar-refractivity contribution in [3.63, 3.8) is 0 Å². The highest BCUT2D eigenvalue weighted by molar-refractivity contribution is 5.96. The summed E-state index contributed by atoms with van der Waals surface area (Å²) in [7, 11) is 1.62. The number of methoxy groups -OCH3 is 1. The molecule has 2 N–H and O–H groups in total. The zero-order valence-electron chi connectivity index (χ0n) is 12.9. The lowest BCUT2D eigenvalue weighted by molar-refractivity contribution is -0.116. The van der Waals surface area contributed by atoms with Gasteiger partial charge >= 0.3 is 0 Å². The molecule has 0 radical (unpaired) electrons. The minimum Gasteiger partial charge on any atom is -0.496 e. The van der Waals surface area contributed by atoms with Gasteiger partial charge in [0.1, 0.15) is 11.4 Å². The zero-order valence-corrected chi connectivity index (χ0v) is 12.9. The molecule has 0 unspecified atom stereocenters. The second kappa shape index (κ2) is 6.43. The van der Waals surface area contributed by atoms with Crippen molar-refractivity contribution in [1.29, 1.82) is 0 Å². The Hall–Kier alpha value is -2.30. The maximum Gasteiger partial charge on any atom is 0.224 e. The number of carbonyl (C=O) groups excluding carboxylic acids is 1. The summed E-state index contributed by atoms with van der Waals surface area (Å²) in [5, 5.41) is 10.2. The standard InChI is InChI=1S/C16H21N3O2/c1-10(2)9-14(20)17-15-11(3)18-19-16(15)12-7-5-6-8-13(12)21-4/h5-8,10H,9H2,1-4H3,(H,17,20)(H,18,19). The molecular weight excluding hydrogens is 266 g/mol. The van der Waals surface area contributed by atoms with E-state index in [2.05, 4.69) is 15.5 Å². The molecule has 0 aliphatic rings. The van der Waals surface area contributed by atoms with Gasteiger partial charge in [0.2, 0.25) is 5.91 Å². The average molecular weight is 287 g/mol. The van der Waals surface area contributed by atoms with E-state index in [1.165, 1.54) is 0 Å². The second-order valence-electron chi connectivity index (χ2n) is 5.42. The summed E-state index contributed by atoms with van der Waals surface area (Å²) in [5.41, 5.74) is 3.09.